The van der Waals surface area contributed by atoms with Gasteiger partial charge in [-0.1, -0.05) is 13.0 Å². The molecule has 2 saturated heterocycles. The molecule has 1 aromatic rings. The molecule has 1 aromatic carbocycles. The SMILES string of the molecule is CCN1CCN(C(=O)c2cccc(S(=O)(=O)NCC3CCCO3)c2)CC1. The van der Waals surface area contributed by atoms with E-state index in [1.54, 1.807) is 17.0 Å². The molecule has 2 aliphatic heterocycles. The molecule has 3 rings (SSSR count). The van der Waals surface area contributed by atoms with E-state index in [1.165, 1.54) is 12.1 Å². The Labute approximate surface area is 155 Å². The lowest BCUT2D eigenvalue weighted by Gasteiger charge is -2.34. The summed E-state index contributed by atoms with van der Waals surface area (Å²) in [5, 5.41) is 0. The third-order valence-electron chi connectivity index (χ3n) is 5.02. The third kappa shape index (κ3) is 4.62. The second-order valence-corrected chi connectivity index (χ2v) is 8.51. The summed E-state index contributed by atoms with van der Waals surface area (Å²) in [6.45, 7) is 7.07. The van der Waals surface area contributed by atoms with Crippen molar-refractivity contribution >= 4 is 15.9 Å². The summed E-state index contributed by atoms with van der Waals surface area (Å²) in [6, 6.07) is 6.28. The first-order chi connectivity index (χ1) is 12.5. The molecule has 0 spiro atoms. The van der Waals surface area contributed by atoms with Gasteiger partial charge in [-0.2, -0.15) is 0 Å². The van der Waals surface area contributed by atoms with Gasteiger partial charge >= 0.3 is 0 Å². The molecule has 26 heavy (non-hydrogen) atoms. The van der Waals surface area contributed by atoms with E-state index in [2.05, 4.69) is 16.5 Å². The van der Waals surface area contributed by atoms with Crippen LogP contribution in [0.1, 0.15) is 30.1 Å². The zero-order chi connectivity index (χ0) is 18.6. The Morgan fingerprint density at radius 3 is 2.69 bits per heavy atom. The van der Waals surface area contributed by atoms with E-state index >= 15 is 0 Å². The molecule has 0 bridgehead atoms. The first kappa shape index (κ1) is 19.3. The molecule has 7 nitrogen and oxygen atoms in total. The first-order valence-corrected chi connectivity index (χ1v) is 10.7. The third-order valence-corrected chi connectivity index (χ3v) is 6.44. The number of sulfonamides is 1. The van der Waals surface area contributed by atoms with Crippen molar-refractivity contribution in [2.45, 2.75) is 30.8 Å². The van der Waals surface area contributed by atoms with Crippen molar-refractivity contribution in [3.8, 4) is 0 Å². The number of nitrogens with zero attached hydrogens (tertiary/aromatic N) is 2. The number of ether oxygens (including phenoxy) is 1. The average Bonchev–Trinajstić information content (AvgIpc) is 3.20. The molecule has 0 saturated carbocycles. The van der Waals surface area contributed by atoms with Crippen LogP contribution in [0.5, 0.6) is 0 Å². The smallest absolute Gasteiger partial charge is 0.253 e. The van der Waals surface area contributed by atoms with Gasteiger partial charge in [-0.15, -0.1) is 0 Å². The molecule has 1 N–H and O–H groups in total. The van der Waals surface area contributed by atoms with Gasteiger partial charge < -0.3 is 14.5 Å². The maximum atomic E-state index is 12.7. The molecule has 2 fully saturated rings. The molecule has 144 valence electrons. The predicted molar refractivity (Wildman–Crippen MR) is 98.6 cm³/mol. The Hall–Kier alpha value is -1.48. The second kappa shape index (κ2) is 8.47. The topological polar surface area (TPSA) is 79.0 Å². The molecule has 0 aliphatic carbocycles. The van der Waals surface area contributed by atoms with Crippen LogP contribution in [-0.4, -0.2) is 76.1 Å². The zero-order valence-electron chi connectivity index (χ0n) is 15.2. The number of hydrogen-bond donors (Lipinski definition) is 1. The molecule has 1 amide bonds. The molecule has 0 aromatic heterocycles. The van der Waals surface area contributed by atoms with Crippen molar-refractivity contribution in [1.29, 1.82) is 0 Å². The minimum atomic E-state index is -3.66. The number of rotatable bonds is 6. The lowest BCUT2D eigenvalue weighted by atomic mass is 10.2. The lowest BCUT2D eigenvalue weighted by molar-refractivity contribution is 0.0643. The number of benzene rings is 1. The number of carbonyl (C=O) groups is 1. The van der Waals surface area contributed by atoms with Crippen LogP contribution < -0.4 is 4.72 Å². The summed E-state index contributed by atoms with van der Waals surface area (Å²) in [5.74, 6) is -0.114. The van der Waals surface area contributed by atoms with Gasteiger partial charge in [0, 0.05) is 44.9 Å². The van der Waals surface area contributed by atoms with E-state index in [0.29, 0.717) is 25.3 Å². The number of carbonyl (C=O) groups excluding carboxylic acids is 1. The van der Waals surface area contributed by atoms with Gasteiger partial charge in [-0.3, -0.25) is 4.79 Å². The van der Waals surface area contributed by atoms with Gasteiger partial charge in [-0.25, -0.2) is 13.1 Å². The highest BCUT2D eigenvalue weighted by molar-refractivity contribution is 7.89. The minimum absolute atomic E-state index is 0.0653. The van der Waals surface area contributed by atoms with Crippen LogP contribution >= 0.6 is 0 Å². The van der Waals surface area contributed by atoms with Gasteiger partial charge in [0.05, 0.1) is 11.0 Å². The highest BCUT2D eigenvalue weighted by Crippen LogP contribution is 2.16. The Kier molecular flexibility index (Phi) is 6.29. The summed E-state index contributed by atoms with van der Waals surface area (Å²) in [5.41, 5.74) is 0.412. The Morgan fingerprint density at radius 1 is 1.27 bits per heavy atom. The molecule has 8 heteroatoms. The van der Waals surface area contributed by atoms with Crippen LogP contribution in [0.4, 0.5) is 0 Å². The standard InChI is InChI=1S/C18H27N3O4S/c1-2-20-8-10-21(11-9-20)18(22)15-5-3-7-17(13-15)26(23,24)19-14-16-6-4-12-25-16/h3,5,7,13,16,19H,2,4,6,8-12,14H2,1H3. The Morgan fingerprint density at radius 2 is 2.04 bits per heavy atom. The van der Waals surface area contributed by atoms with E-state index in [1.807, 2.05) is 0 Å². The van der Waals surface area contributed by atoms with Gasteiger partial charge in [-0.05, 0) is 37.6 Å². The van der Waals surface area contributed by atoms with Crippen LogP contribution in [0.15, 0.2) is 29.2 Å². The van der Waals surface area contributed by atoms with Crippen molar-refractivity contribution in [3.63, 3.8) is 0 Å². The summed E-state index contributed by atoms with van der Waals surface area (Å²) in [7, 11) is -3.66. The predicted octanol–water partition coefficient (Wildman–Crippen LogP) is 0.922. The van der Waals surface area contributed by atoms with Crippen molar-refractivity contribution in [1.82, 2.24) is 14.5 Å². The van der Waals surface area contributed by atoms with Gasteiger partial charge in [0.25, 0.3) is 5.91 Å². The van der Waals surface area contributed by atoms with Crippen LogP contribution in [0.25, 0.3) is 0 Å². The fourth-order valence-corrected chi connectivity index (χ4v) is 4.45. The van der Waals surface area contributed by atoms with E-state index in [-0.39, 0.29) is 23.5 Å². The number of nitrogens with one attached hydrogen (secondary N) is 1. The van der Waals surface area contributed by atoms with E-state index in [9.17, 15) is 13.2 Å². The van der Waals surface area contributed by atoms with Gasteiger partial charge in [0.1, 0.15) is 0 Å². The van der Waals surface area contributed by atoms with Gasteiger partial charge in [0.15, 0.2) is 0 Å². The van der Waals surface area contributed by atoms with Gasteiger partial charge in [0.2, 0.25) is 10.0 Å². The largest absolute Gasteiger partial charge is 0.377 e. The minimum Gasteiger partial charge on any atom is -0.377 e. The maximum Gasteiger partial charge on any atom is 0.253 e. The van der Waals surface area contributed by atoms with Crippen molar-refractivity contribution in [2.75, 3.05) is 45.9 Å². The van der Waals surface area contributed by atoms with Crippen LogP contribution in [0.2, 0.25) is 0 Å². The van der Waals surface area contributed by atoms with Crippen molar-refractivity contribution in [2.24, 2.45) is 0 Å². The van der Waals surface area contributed by atoms with Crippen molar-refractivity contribution in [3.05, 3.63) is 29.8 Å². The van der Waals surface area contributed by atoms with E-state index in [4.69, 9.17) is 4.74 Å². The summed E-state index contributed by atoms with van der Waals surface area (Å²) in [4.78, 5) is 16.9. The number of likely N-dealkylation sites (N-methyl/N-ethyl adjacent to an activating group) is 1. The first-order valence-electron chi connectivity index (χ1n) is 9.22. The molecule has 0 radical (unpaired) electrons. The van der Waals surface area contributed by atoms with Crippen molar-refractivity contribution < 1.29 is 17.9 Å². The van der Waals surface area contributed by atoms with Crippen LogP contribution in [0, 0.1) is 0 Å². The summed E-state index contributed by atoms with van der Waals surface area (Å²) >= 11 is 0. The van der Waals surface area contributed by atoms with Crippen LogP contribution in [-0.2, 0) is 14.8 Å². The molecule has 1 atom stereocenters. The Balaban J connectivity index is 1.66. The van der Waals surface area contributed by atoms with E-state index in [0.717, 1.165) is 32.5 Å². The summed E-state index contributed by atoms with van der Waals surface area (Å²) in [6.07, 6.45) is 1.76. The zero-order valence-corrected chi connectivity index (χ0v) is 16.0. The number of amides is 1. The molecular weight excluding hydrogens is 354 g/mol. The Bertz CT molecular complexity index is 724. The second-order valence-electron chi connectivity index (χ2n) is 6.74. The monoisotopic (exact) mass is 381 g/mol. The highest BCUT2D eigenvalue weighted by atomic mass is 32.2. The molecular formula is C18H27N3O4S. The summed E-state index contributed by atoms with van der Waals surface area (Å²) < 4.78 is 33.1. The maximum absolute atomic E-state index is 12.7. The fraction of sp³-hybridized carbons (Fsp3) is 0.611. The normalized spacial score (nSPS) is 21.9. The molecule has 2 heterocycles. The fourth-order valence-electron chi connectivity index (χ4n) is 3.34. The number of piperazine rings is 1. The molecule has 1 unspecified atom stereocenters. The van der Waals surface area contributed by atoms with E-state index < -0.39 is 10.0 Å². The lowest BCUT2D eigenvalue weighted by Crippen LogP contribution is -2.48. The molecule has 2 aliphatic rings. The number of hydrogen-bond acceptors (Lipinski definition) is 5. The van der Waals surface area contributed by atoms with Crippen LogP contribution in [0.3, 0.4) is 0 Å². The highest BCUT2D eigenvalue weighted by Gasteiger charge is 2.24. The quantitative estimate of drug-likeness (QED) is 0.793. The average molecular weight is 381 g/mol.